The molecular formula is C12H13ClN2O2. The summed E-state index contributed by atoms with van der Waals surface area (Å²) in [6, 6.07) is 5.09. The molecule has 1 unspecified atom stereocenters. The average molecular weight is 253 g/mol. The second kappa shape index (κ2) is 4.39. The molecule has 1 heterocycles. The Bertz CT molecular complexity index is 509. The van der Waals surface area contributed by atoms with Crippen molar-refractivity contribution in [2.24, 2.45) is 0 Å². The van der Waals surface area contributed by atoms with Gasteiger partial charge in [-0.1, -0.05) is 17.7 Å². The van der Waals surface area contributed by atoms with Gasteiger partial charge in [0.15, 0.2) is 0 Å². The number of methoxy groups -OCH3 is 1. The highest BCUT2D eigenvalue weighted by Gasteiger charge is 2.31. The molecule has 5 heteroatoms. The van der Waals surface area contributed by atoms with Gasteiger partial charge < -0.3 is 14.8 Å². The fraction of sp³-hybridized carbons (Fsp3) is 0.250. The summed E-state index contributed by atoms with van der Waals surface area (Å²) in [7, 11) is 1.54. The van der Waals surface area contributed by atoms with Gasteiger partial charge in [0.2, 0.25) is 0 Å². The maximum atomic E-state index is 10.5. The van der Waals surface area contributed by atoms with Gasteiger partial charge in [-0.15, -0.1) is 0 Å². The van der Waals surface area contributed by atoms with Gasteiger partial charge in [0.1, 0.15) is 17.2 Å². The number of H-pyrrole nitrogens is 1. The molecule has 90 valence electrons. The zero-order valence-electron chi connectivity index (χ0n) is 9.57. The van der Waals surface area contributed by atoms with Crippen LogP contribution in [-0.2, 0) is 5.60 Å². The first kappa shape index (κ1) is 12.0. The van der Waals surface area contributed by atoms with E-state index in [1.165, 1.54) is 7.11 Å². The van der Waals surface area contributed by atoms with Crippen LogP contribution in [0.25, 0.3) is 0 Å². The van der Waals surface area contributed by atoms with Crippen LogP contribution in [0.15, 0.2) is 30.6 Å². The molecule has 2 N–H and O–H groups in total. The molecule has 0 bridgehead atoms. The molecule has 0 saturated carbocycles. The summed E-state index contributed by atoms with van der Waals surface area (Å²) in [5, 5.41) is 11.1. The topological polar surface area (TPSA) is 58.1 Å². The lowest BCUT2D eigenvalue weighted by Crippen LogP contribution is -2.25. The molecule has 0 saturated heterocycles. The first-order valence-corrected chi connectivity index (χ1v) is 5.49. The normalized spacial score (nSPS) is 14.4. The highest BCUT2D eigenvalue weighted by Crippen LogP contribution is 2.35. The third-order valence-corrected chi connectivity index (χ3v) is 2.88. The number of hydrogen-bond acceptors (Lipinski definition) is 3. The predicted octanol–water partition coefficient (Wildman–Crippen LogP) is 2.33. The highest BCUT2D eigenvalue weighted by molar-refractivity contribution is 6.30. The van der Waals surface area contributed by atoms with Gasteiger partial charge in [-0.3, -0.25) is 0 Å². The van der Waals surface area contributed by atoms with E-state index in [2.05, 4.69) is 9.97 Å². The Morgan fingerprint density at radius 3 is 2.82 bits per heavy atom. The van der Waals surface area contributed by atoms with E-state index in [4.69, 9.17) is 16.3 Å². The number of aliphatic hydroxyl groups is 1. The van der Waals surface area contributed by atoms with Crippen LogP contribution in [0.2, 0.25) is 5.02 Å². The van der Waals surface area contributed by atoms with E-state index in [1.807, 2.05) is 0 Å². The van der Waals surface area contributed by atoms with Crippen LogP contribution in [0, 0.1) is 0 Å². The van der Waals surface area contributed by atoms with Crippen LogP contribution in [0.3, 0.4) is 0 Å². The van der Waals surface area contributed by atoms with E-state index in [-0.39, 0.29) is 0 Å². The largest absolute Gasteiger partial charge is 0.496 e. The minimum atomic E-state index is -1.25. The highest BCUT2D eigenvalue weighted by atomic mass is 35.5. The summed E-state index contributed by atoms with van der Waals surface area (Å²) >= 11 is 5.89. The molecule has 1 atom stereocenters. The number of nitrogens with zero attached hydrogens (tertiary/aromatic N) is 1. The Balaban J connectivity index is 2.53. The van der Waals surface area contributed by atoms with Crippen LogP contribution in [-0.4, -0.2) is 22.2 Å². The summed E-state index contributed by atoms with van der Waals surface area (Å²) < 4.78 is 5.22. The van der Waals surface area contributed by atoms with Gasteiger partial charge >= 0.3 is 0 Å². The second-order valence-electron chi connectivity index (χ2n) is 3.85. The Morgan fingerprint density at radius 1 is 1.47 bits per heavy atom. The lowest BCUT2D eigenvalue weighted by Gasteiger charge is -2.23. The minimum absolute atomic E-state index is 0.457. The fourth-order valence-electron chi connectivity index (χ4n) is 1.73. The quantitative estimate of drug-likeness (QED) is 0.882. The summed E-state index contributed by atoms with van der Waals surface area (Å²) in [4.78, 5) is 6.96. The Morgan fingerprint density at radius 2 is 2.24 bits per heavy atom. The maximum Gasteiger partial charge on any atom is 0.148 e. The van der Waals surface area contributed by atoms with E-state index in [0.29, 0.717) is 22.2 Å². The maximum absolute atomic E-state index is 10.5. The van der Waals surface area contributed by atoms with Crippen molar-refractivity contribution in [1.29, 1.82) is 0 Å². The van der Waals surface area contributed by atoms with Crippen molar-refractivity contribution in [2.75, 3.05) is 7.11 Å². The molecule has 2 aromatic rings. The Labute approximate surface area is 104 Å². The molecule has 1 aromatic carbocycles. The number of halogens is 1. The van der Waals surface area contributed by atoms with E-state index in [9.17, 15) is 5.11 Å². The molecule has 1 aromatic heterocycles. The molecular weight excluding hydrogens is 240 g/mol. The molecule has 2 rings (SSSR count). The van der Waals surface area contributed by atoms with Crippen LogP contribution in [0.1, 0.15) is 18.3 Å². The Hall–Kier alpha value is -1.52. The lowest BCUT2D eigenvalue weighted by molar-refractivity contribution is 0.0900. The molecule has 0 aliphatic carbocycles. The minimum Gasteiger partial charge on any atom is -0.496 e. The van der Waals surface area contributed by atoms with Crippen LogP contribution in [0.5, 0.6) is 5.75 Å². The van der Waals surface area contributed by atoms with Crippen LogP contribution >= 0.6 is 11.6 Å². The van der Waals surface area contributed by atoms with E-state index in [0.717, 1.165) is 0 Å². The first-order chi connectivity index (χ1) is 8.05. The van der Waals surface area contributed by atoms with Crippen molar-refractivity contribution in [3.8, 4) is 5.75 Å². The second-order valence-corrected chi connectivity index (χ2v) is 4.29. The number of aromatic amines is 1. The summed E-state index contributed by atoms with van der Waals surface area (Å²) in [6.07, 6.45) is 3.25. The third-order valence-electron chi connectivity index (χ3n) is 2.65. The molecule has 0 amide bonds. The summed E-state index contributed by atoms with van der Waals surface area (Å²) in [5.41, 5.74) is -0.640. The van der Waals surface area contributed by atoms with E-state index >= 15 is 0 Å². The fourth-order valence-corrected chi connectivity index (χ4v) is 1.89. The zero-order chi connectivity index (χ0) is 12.5. The number of benzene rings is 1. The van der Waals surface area contributed by atoms with Gasteiger partial charge in [0, 0.05) is 23.0 Å². The molecule has 0 spiro atoms. The molecule has 0 radical (unpaired) electrons. The zero-order valence-corrected chi connectivity index (χ0v) is 10.3. The SMILES string of the molecule is COc1cc(Cl)ccc1C(C)(O)c1ncc[nH]1. The van der Waals surface area contributed by atoms with Crippen molar-refractivity contribution in [3.63, 3.8) is 0 Å². The number of nitrogens with one attached hydrogen (secondary N) is 1. The third kappa shape index (κ3) is 2.14. The van der Waals surface area contributed by atoms with E-state index < -0.39 is 5.60 Å². The molecule has 0 aliphatic heterocycles. The van der Waals surface area contributed by atoms with Crippen molar-refractivity contribution in [2.45, 2.75) is 12.5 Å². The molecule has 0 aliphatic rings. The molecule has 17 heavy (non-hydrogen) atoms. The number of aromatic nitrogens is 2. The lowest BCUT2D eigenvalue weighted by atomic mass is 9.94. The van der Waals surface area contributed by atoms with Gasteiger partial charge in [-0.25, -0.2) is 4.98 Å². The van der Waals surface area contributed by atoms with E-state index in [1.54, 1.807) is 37.5 Å². The van der Waals surface area contributed by atoms with Crippen molar-refractivity contribution >= 4 is 11.6 Å². The molecule has 4 nitrogen and oxygen atoms in total. The van der Waals surface area contributed by atoms with Gasteiger partial charge in [0.05, 0.1) is 7.11 Å². The summed E-state index contributed by atoms with van der Waals surface area (Å²) in [5.74, 6) is 0.983. The first-order valence-electron chi connectivity index (χ1n) is 5.12. The molecule has 0 fully saturated rings. The van der Waals surface area contributed by atoms with Gasteiger partial charge in [-0.2, -0.15) is 0 Å². The van der Waals surface area contributed by atoms with Crippen molar-refractivity contribution in [3.05, 3.63) is 47.0 Å². The summed E-state index contributed by atoms with van der Waals surface area (Å²) in [6.45, 7) is 1.65. The average Bonchev–Trinajstić information content (AvgIpc) is 2.82. The van der Waals surface area contributed by atoms with Crippen molar-refractivity contribution < 1.29 is 9.84 Å². The number of hydrogen-bond donors (Lipinski definition) is 2. The van der Waals surface area contributed by atoms with Crippen molar-refractivity contribution in [1.82, 2.24) is 9.97 Å². The smallest absolute Gasteiger partial charge is 0.148 e. The van der Waals surface area contributed by atoms with Crippen LogP contribution in [0.4, 0.5) is 0 Å². The number of rotatable bonds is 3. The standard InChI is InChI=1S/C12H13ClN2O2/c1-12(16,11-14-5-6-15-11)9-4-3-8(13)7-10(9)17-2/h3-7,16H,1-2H3,(H,14,15). The van der Waals surface area contributed by atoms with Gasteiger partial charge in [0.25, 0.3) is 0 Å². The number of ether oxygens (including phenoxy) is 1. The van der Waals surface area contributed by atoms with Crippen LogP contribution < -0.4 is 4.74 Å². The van der Waals surface area contributed by atoms with Gasteiger partial charge in [-0.05, 0) is 19.1 Å². The number of imidazole rings is 1. The Kier molecular flexibility index (Phi) is 3.09. The predicted molar refractivity (Wildman–Crippen MR) is 65.3 cm³/mol. The monoisotopic (exact) mass is 252 g/mol.